The van der Waals surface area contributed by atoms with Crippen LogP contribution >= 0.6 is 11.6 Å². The zero-order valence-electron chi connectivity index (χ0n) is 11.7. The first-order valence-electron chi connectivity index (χ1n) is 6.79. The van der Waals surface area contributed by atoms with Crippen molar-refractivity contribution in [2.24, 2.45) is 0 Å². The fraction of sp³-hybridized carbons (Fsp3) is 0.312. The van der Waals surface area contributed by atoms with Crippen LogP contribution in [0.15, 0.2) is 30.3 Å². The van der Waals surface area contributed by atoms with Crippen LogP contribution < -0.4 is 4.90 Å². The molecule has 0 radical (unpaired) electrons. The van der Waals surface area contributed by atoms with Gasteiger partial charge in [0.2, 0.25) is 0 Å². The Morgan fingerprint density at radius 2 is 1.90 bits per heavy atom. The van der Waals surface area contributed by atoms with E-state index in [4.69, 9.17) is 11.6 Å². The largest absolute Gasteiger partial charge is 0.360 e. The fourth-order valence-corrected chi connectivity index (χ4v) is 2.98. The van der Waals surface area contributed by atoms with Gasteiger partial charge in [-0.25, -0.2) is 0 Å². The number of carbonyl (C=O) groups is 1. The molecule has 2 aromatic rings. The van der Waals surface area contributed by atoms with E-state index in [0.717, 1.165) is 36.6 Å². The van der Waals surface area contributed by atoms with Gasteiger partial charge in [0.05, 0.1) is 5.56 Å². The van der Waals surface area contributed by atoms with Crippen molar-refractivity contribution < 1.29 is 4.79 Å². The second-order valence-electron chi connectivity index (χ2n) is 5.29. The minimum absolute atomic E-state index is 0.0623. The van der Waals surface area contributed by atoms with Crippen molar-refractivity contribution in [1.29, 1.82) is 0 Å². The van der Waals surface area contributed by atoms with Gasteiger partial charge in [-0.2, -0.15) is 0 Å². The average Bonchev–Trinajstić information content (AvgIpc) is 2.78. The number of fused-ring (bicyclic) bond motifs is 1. The standard InChI is InChI=1S/C16H17ClN2O/c1-11-10-14(16-18(2)8-3-9-19(11)16)15(20)12-4-6-13(17)7-5-12/h4-7,10H,3,8-9H2,1-2H3. The minimum Gasteiger partial charge on any atom is -0.360 e. The number of hydrogen-bond acceptors (Lipinski definition) is 2. The van der Waals surface area contributed by atoms with Gasteiger partial charge in [-0.1, -0.05) is 11.6 Å². The Morgan fingerprint density at radius 1 is 1.20 bits per heavy atom. The number of aromatic nitrogens is 1. The molecule has 2 heterocycles. The summed E-state index contributed by atoms with van der Waals surface area (Å²) in [5, 5.41) is 0.647. The Bertz CT molecular complexity index is 658. The van der Waals surface area contributed by atoms with E-state index in [0.29, 0.717) is 10.6 Å². The molecular weight excluding hydrogens is 272 g/mol. The van der Waals surface area contributed by atoms with E-state index in [1.54, 1.807) is 24.3 Å². The molecule has 104 valence electrons. The smallest absolute Gasteiger partial charge is 0.196 e. The van der Waals surface area contributed by atoms with Gasteiger partial charge in [-0.05, 0) is 43.7 Å². The molecule has 3 rings (SSSR count). The maximum absolute atomic E-state index is 12.7. The molecule has 0 atom stereocenters. The van der Waals surface area contributed by atoms with E-state index >= 15 is 0 Å². The van der Waals surface area contributed by atoms with Crippen molar-refractivity contribution in [2.45, 2.75) is 19.9 Å². The van der Waals surface area contributed by atoms with E-state index in [1.165, 1.54) is 0 Å². The molecule has 0 N–H and O–H groups in total. The highest BCUT2D eigenvalue weighted by molar-refractivity contribution is 6.30. The van der Waals surface area contributed by atoms with Gasteiger partial charge < -0.3 is 9.47 Å². The summed E-state index contributed by atoms with van der Waals surface area (Å²) < 4.78 is 2.23. The maximum atomic E-state index is 12.7. The first kappa shape index (κ1) is 13.3. The lowest BCUT2D eigenvalue weighted by atomic mass is 10.0. The number of rotatable bonds is 2. The first-order chi connectivity index (χ1) is 9.58. The van der Waals surface area contributed by atoms with Gasteiger partial charge >= 0.3 is 0 Å². The van der Waals surface area contributed by atoms with Crippen LogP contribution in [0.25, 0.3) is 0 Å². The molecule has 0 aliphatic carbocycles. The van der Waals surface area contributed by atoms with E-state index in [2.05, 4.69) is 16.4 Å². The molecule has 20 heavy (non-hydrogen) atoms. The Labute approximate surface area is 123 Å². The fourth-order valence-electron chi connectivity index (χ4n) is 2.85. The highest BCUT2D eigenvalue weighted by Gasteiger charge is 2.24. The maximum Gasteiger partial charge on any atom is 0.196 e. The summed E-state index contributed by atoms with van der Waals surface area (Å²) in [6.07, 6.45) is 1.12. The molecule has 1 aliphatic rings. The molecule has 0 amide bonds. The minimum atomic E-state index is 0.0623. The van der Waals surface area contributed by atoms with Crippen LogP contribution in [0.3, 0.4) is 0 Å². The molecular formula is C16H17ClN2O. The van der Waals surface area contributed by atoms with E-state index in [9.17, 15) is 4.79 Å². The lowest BCUT2D eigenvalue weighted by molar-refractivity contribution is 0.103. The molecule has 0 spiro atoms. The van der Waals surface area contributed by atoms with Gasteiger partial charge in [0.1, 0.15) is 5.82 Å². The monoisotopic (exact) mass is 288 g/mol. The van der Waals surface area contributed by atoms with Crippen molar-refractivity contribution in [3.8, 4) is 0 Å². The lowest BCUT2D eigenvalue weighted by Gasteiger charge is -2.28. The Hall–Kier alpha value is -1.74. The van der Waals surface area contributed by atoms with Gasteiger partial charge in [0.25, 0.3) is 0 Å². The number of ketones is 1. The van der Waals surface area contributed by atoms with Gasteiger partial charge in [-0.3, -0.25) is 4.79 Å². The summed E-state index contributed by atoms with van der Waals surface area (Å²) in [6, 6.07) is 9.08. The third-order valence-electron chi connectivity index (χ3n) is 3.86. The molecule has 0 saturated heterocycles. The van der Waals surface area contributed by atoms with E-state index < -0.39 is 0 Å². The summed E-state index contributed by atoms with van der Waals surface area (Å²) in [4.78, 5) is 14.9. The number of aryl methyl sites for hydroxylation is 1. The normalized spacial score (nSPS) is 14.2. The second kappa shape index (κ2) is 4.98. The second-order valence-corrected chi connectivity index (χ2v) is 5.72. The predicted molar refractivity (Wildman–Crippen MR) is 81.9 cm³/mol. The van der Waals surface area contributed by atoms with E-state index in [1.807, 2.05) is 13.1 Å². The van der Waals surface area contributed by atoms with Crippen molar-refractivity contribution >= 4 is 23.2 Å². The quantitative estimate of drug-likeness (QED) is 0.790. The number of benzene rings is 1. The van der Waals surface area contributed by atoms with Crippen LogP contribution in [0.2, 0.25) is 5.02 Å². The topological polar surface area (TPSA) is 25.2 Å². The number of hydrogen-bond donors (Lipinski definition) is 0. The Balaban J connectivity index is 2.06. The number of carbonyl (C=O) groups excluding carboxylic acids is 1. The van der Waals surface area contributed by atoms with Crippen molar-refractivity contribution in [2.75, 3.05) is 18.5 Å². The third-order valence-corrected chi connectivity index (χ3v) is 4.12. The molecule has 0 bridgehead atoms. The molecule has 1 aromatic heterocycles. The summed E-state index contributed by atoms with van der Waals surface area (Å²) in [6.45, 7) is 4.03. The molecule has 4 heteroatoms. The Morgan fingerprint density at radius 3 is 2.60 bits per heavy atom. The van der Waals surface area contributed by atoms with E-state index in [-0.39, 0.29) is 5.78 Å². The summed E-state index contributed by atoms with van der Waals surface area (Å²) >= 11 is 5.88. The zero-order valence-corrected chi connectivity index (χ0v) is 12.4. The molecule has 1 aliphatic heterocycles. The van der Waals surface area contributed by atoms with Crippen LogP contribution in [0.1, 0.15) is 28.0 Å². The summed E-state index contributed by atoms with van der Waals surface area (Å²) in [5.74, 6) is 1.10. The number of nitrogens with zero attached hydrogens (tertiary/aromatic N) is 2. The van der Waals surface area contributed by atoms with Crippen molar-refractivity contribution in [1.82, 2.24) is 4.57 Å². The highest BCUT2D eigenvalue weighted by Crippen LogP contribution is 2.30. The zero-order chi connectivity index (χ0) is 14.3. The van der Waals surface area contributed by atoms with Crippen LogP contribution in [0.5, 0.6) is 0 Å². The molecule has 1 aromatic carbocycles. The van der Waals surface area contributed by atoms with Gasteiger partial charge in [0, 0.05) is 36.4 Å². The van der Waals surface area contributed by atoms with Crippen LogP contribution in [0, 0.1) is 6.92 Å². The first-order valence-corrected chi connectivity index (χ1v) is 7.17. The molecule has 0 saturated carbocycles. The molecule has 3 nitrogen and oxygen atoms in total. The summed E-state index contributed by atoms with van der Waals surface area (Å²) in [5.41, 5.74) is 2.61. The highest BCUT2D eigenvalue weighted by atomic mass is 35.5. The number of halogens is 1. The molecule has 0 fully saturated rings. The third kappa shape index (κ3) is 2.12. The number of anilines is 1. The van der Waals surface area contributed by atoms with Crippen molar-refractivity contribution in [3.63, 3.8) is 0 Å². The Kier molecular flexibility index (Phi) is 3.30. The van der Waals surface area contributed by atoms with Gasteiger partial charge in [0.15, 0.2) is 5.78 Å². The lowest BCUT2D eigenvalue weighted by Crippen LogP contribution is -2.29. The van der Waals surface area contributed by atoms with Crippen LogP contribution in [-0.4, -0.2) is 23.9 Å². The van der Waals surface area contributed by atoms with Crippen LogP contribution in [0.4, 0.5) is 5.82 Å². The van der Waals surface area contributed by atoms with Crippen molar-refractivity contribution in [3.05, 3.63) is 52.2 Å². The predicted octanol–water partition coefficient (Wildman–Crippen LogP) is 3.52. The van der Waals surface area contributed by atoms with Crippen LogP contribution in [-0.2, 0) is 6.54 Å². The average molecular weight is 289 g/mol. The molecule has 0 unspecified atom stereocenters. The van der Waals surface area contributed by atoms with Gasteiger partial charge in [-0.15, -0.1) is 0 Å². The summed E-state index contributed by atoms with van der Waals surface area (Å²) in [7, 11) is 2.04. The SMILES string of the molecule is Cc1cc(C(=O)c2ccc(Cl)cc2)c2n1CCCN2C.